The molecular formula is C15H12ClF2N3O4S. The van der Waals surface area contributed by atoms with E-state index in [0.717, 1.165) is 0 Å². The van der Waals surface area contributed by atoms with Crippen molar-refractivity contribution in [2.24, 2.45) is 0 Å². The Hall–Kier alpha value is -2.72. The van der Waals surface area contributed by atoms with Crippen LogP contribution >= 0.6 is 23.8 Å². The van der Waals surface area contributed by atoms with Crippen molar-refractivity contribution in [3.8, 4) is 11.5 Å². The molecule has 138 valence electrons. The van der Waals surface area contributed by atoms with Crippen molar-refractivity contribution >= 4 is 46.0 Å². The monoisotopic (exact) mass is 403 g/mol. The number of ether oxygens (including phenoxy) is 2. The predicted octanol–water partition coefficient (Wildman–Crippen LogP) is 4.67. The Morgan fingerprint density at radius 2 is 1.96 bits per heavy atom. The second-order valence-corrected chi connectivity index (χ2v) is 5.56. The summed E-state index contributed by atoms with van der Waals surface area (Å²) in [4.78, 5) is 10.2. The van der Waals surface area contributed by atoms with Crippen LogP contribution in [0.1, 0.15) is 0 Å². The smallest absolute Gasteiger partial charge is 0.387 e. The third-order valence-electron chi connectivity index (χ3n) is 3.05. The molecule has 26 heavy (non-hydrogen) atoms. The number of halogens is 3. The van der Waals surface area contributed by atoms with Gasteiger partial charge in [-0.1, -0.05) is 11.6 Å². The minimum Gasteiger partial charge on any atom is -0.494 e. The molecule has 2 aromatic carbocycles. The molecule has 2 aromatic rings. The molecule has 0 aliphatic carbocycles. The molecule has 0 atom stereocenters. The molecule has 0 saturated heterocycles. The van der Waals surface area contributed by atoms with E-state index < -0.39 is 11.5 Å². The van der Waals surface area contributed by atoms with Crippen LogP contribution in [0.4, 0.5) is 25.8 Å². The summed E-state index contributed by atoms with van der Waals surface area (Å²) in [6.45, 7) is -2.98. The Balaban J connectivity index is 2.09. The molecule has 0 unspecified atom stereocenters. The van der Waals surface area contributed by atoms with Crippen LogP contribution < -0.4 is 20.1 Å². The molecule has 2 rings (SSSR count). The van der Waals surface area contributed by atoms with Crippen LogP contribution in [0.2, 0.25) is 5.02 Å². The lowest BCUT2D eigenvalue weighted by molar-refractivity contribution is -0.384. The standard InChI is InChI=1S/C15H12ClF2N3O4S/c1-24-13-7-9(21(22)23)3-4-11(13)20-15(26)19-8-2-5-12(10(16)6-8)25-14(17)18/h2-7,14H,1H3,(H2,19,20,26). The highest BCUT2D eigenvalue weighted by Crippen LogP contribution is 2.31. The fourth-order valence-corrected chi connectivity index (χ4v) is 2.40. The van der Waals surface area contributed by atoms with Crippen molar-refractivity contribution in [1.82, 2.24) is 0 Å². The summed E-state index contributed by atoms with van der Waals surface area (Å²) in [7, 11) is 1.36. The molecule has 0 spiro atoms. The summed E-state index contributed by atoms with van der Waals surface area (Å²) < 4.78 is 33.8. The van der Waals surface area contributed by atoms with Crippen molar-refractivity contribution in [1.29, 1.82) is 0 Å². The van der Waals surface area contributed by atoms with E-state index in [9.17, 15) is 18.9 Å². The van der Waals surface area contributed by atoms with Gasteiger partial charge in [0.2, 0.25) is 0 Å². The number of benzene rings is 2. The molecule has 0 saturated carbocycles. The number of nitro benzene ring substituents is 1. The first-order valence-corrected chi connectivity index (χ1v) is 7.73. The van der Waals surface area contributed by atoms with Crippen LogP contribution in [-0.4, -0.2) is 23.8 Å². The number of hydrogen-bond donors (Lipinski definition) is 2. The van der Waals surface area contributed by atoms with Gasteiger partial charge < -0.3 is 20.1 Å². The predicted molar refractivity (Wildman–Crippen MR) is 97.6 cm³/mol. The zero-order valence-corrected chi connectivity index (χ0v) is 14.7. The summed E-state index contributed by atoms with van der Waals surface area (Å²) in [5.41, 5.74) is 0.696. The zero-order valence-electron chi connectivity index (χ0n) is 13.2. The number of nitrogens with zero attached hydrogens (tertiary/aromatic N) is 1. The molecule has 0 aliphatic rings. The Kier molecular flexibility index (Phi) is 6.47. The van der Waals surface area contributed by atoms with Crippen molar-refractivity contribution in [2.45, 2.75) is 6.61 Å². The van der Waals surface area contributed by atoms with Crippen LogP contribution in [0.15, 0.2) is 36.4 Å². The third kappa shape index (κ3) is 5.14. The molecule has 0 radical (unpaired) electrons. The largest absolute Gasteiger partial charge is 0.494 e. The number of alkyl halides is 2. The highest BCUT2D eigenvalue weighted by atomic mass is 35.5. The summed E-state index contributed by atoms with van der Waals surface area (Å²) in [6, 6.07) is 8.06. The maximum atomic E-state index is 12.2. The van der Waals surface area contributed by atoms with E-state index >= 15 is 0 Å². The Labute approximate surface area is 157 Å². The molecule has 0 aliphatic heterocycles. The van der Waals surface area contributed by atoms with Gasteiger partial charge in [-0.05, 0) is 36.5 Å². The van der Waals surface area contributed by atoms with Crippen molar-refractivity contribution in [3.05, 3.63) is 51.5 Å². The van der Waals surface area contributed by atoms with Crippen molar-refractivity contribution in [3.63, 3.8) is 0 Å². The number of methoxy groups -OCH3 is 1. The van der Waals surface area contributed by atoms with E-state index in [0.29, 0.717) is 11.4 Å². The average Bonchev–Trinajstić information content (AvgIpc) is 2.57. The van der Waals surface area contributed by atoms with Gasteiger partial charge in [-0.25, -0.2) is 0 Å². The topological polar surface area (TPSA) is 85.7 Å². The minimum absolute atomic E-state index is 0.0222. The molecular weight excluding hydrogens is 392 g/mol. The first kappa shape index (κ1) is 19.6. The van der Waals surface area contributed by atoms with Crippen molar-refractivity contribution < 1.29 is 23.2 Å². The quantitative estimate of drug-likeness (QED) is 0.412. The molecule has 7 nitrogen and oxygen atoms in total. The van der Waals surface area contributed by atoms with Crippen LogP contribution in [-0.2, 0) is 0 Å². The maximum Gasteiger partial charge on any atom is 0.387 e. The SMILES string of the molecule is COc1cc([N+](=O)[O-])ccc1NC(=S)Nc1ccc(OC(F)F)c(Cl)c1. The lowest BCUT2D eigenvalue weighted by Gasteiger charge is -2.14. The van der Waals surface area contributed by atoms with E-state index in [-0.39, 0.29) is 27.3 Å². The first-order valence-electron chi connectivity index (χ1n) is 6.95. The summed E-state index contributed by atoms with van der Waals surface area (Å²) in [6.07, 6.45) is 0. The third-order valence-corrected chi connectivity index (χ3v) is 3.55. The van der Waals surface area contributed by atoms with Crippen molar-refractivity contribution in [2.75, 3.05) is 17.7 Å². The lowest BCUT2D eigenvalue weighted by atomic mass is 10.2. The fraction of sp³-hybridized carbons (Fsp3) is 0.133. The summed E-state index contributed by atoms with van der Waals surface area (Å²) in [5, 5.41) is 16.5. The van der Waals surface area contributed by atoms with E-state index in [4.69, 9.17) is 28.6 Å². The number of rotatable bonds is 6. The number of thiocarbonyl (C=S) groups is 1. The molecule has 0 aromatic heterocycles. The van der Waals surface area contributed by atoms with Crippen LogP contribution in [0.5, 0.6) is 11.5 Å². The van der Waals surface area contributed by atoms with Gasteiger partial charge in [-0.15, -0.1) is 0 Å². The fourth-order valence-electron chi connectivity index (χ4n) is 1.95. The highest BCUT2D eigenvalue weighted by molar-refractivity contribution is 7.80. The van der Waals surface area contributed by atoms with Gasteiger partial charge in [0.25, 0.3) is 5.69 Å². The maximum absolute atomic E-state index is 12.2. The first-order chi connectivity index (χ1) is 12.3. The number of anilines is 2. The van der Waals surface area contributed by atoms with Crippen LogP contribution in [0.3, 0.4) is 0 Å². The Morgan fingerprint density at radius 3 is 2.54 bits per heavy atom. The molecule has 11 heteroatoms. The number of non-ortho nitro benzene ring substituents is 1. The van der Waals surface area contributed by atoms with E-state index in [1.54, 1.807) is 0 Å². The number of nitrogens with one attached hydrogen (secondary N) is 2. The van der Waals surface area contributed by atoms with Gasteiger partial charge in [-0.2, -0.15) is 8.78 Å². The van der Waals surface area contributed by atoms with E-state index in [1.807, 2.05) is 0 Å². The number of hydrogen-bond acceptors (Lipinski definition) is 5. The molecule has 0 amide bonds. The molecule has 2 N–H and O–H groups in total. The second kappa shape index (κ2) is 8.59. The highest BCUT2D eigenvalue weighted by Gasteiger charge is 2.13. The van der Waals surface area contributed by atoms with E-state index in [1.165, 1.54) is 43.5 Å². The van der Waals surface area contributed by atoms with E-state index in [2.05, 4.69) is 15.4 Å². The molecule has 0 heterocycles. The molecule has 0 fully saturated rings. The van der Waals surface area contributed by atoms with Crippen LogP contribution in [0, 0.1) is 10.1 Å². The molecule has 0 bridgehead atoms. The van der Waals surface area contributed by atoms with Gasteiger partial charge >= 0.3 is 6.61 Å². The second-order valence-electron chi connectivity index (χ2n) is 4.74. The van der Waals surface area contributed by atoms with Gasteiger partial charge in [0, 0.05) is 11.8 Å². The minimum atomic E-state index is -2.98. The Morgan fingerprint density at radius 1 is 1.23 bits per heavy atom. The van der Waals surface area contributed by atoms with Gasteiger partial charge in [-0.3, -0.25) is 10.1 Å². The average molecular weight is 404 g/mol. The lowest BCUT2D eigenvalue weighted by Crippen LogP contribution is -2.19. The van der Waals surface area contributed by atoms with Gasteiger partial charge in [0.1, 0.15) is 11.5 Å². The van der Waals surface area contributed by atoms with Gasteiger partial charge in [0.15, 0.2) is 5.11 Å². The normalized spacial score (nSPS) is 10.3. The summed E-state index contributed by atoms with van der Waals surface area (Å²) >= 11 is 11.0. The summed E-state index contributed by atoms with van der Waals surface area (Å²) in [5.74, 6) is 0.0604. The van der Waals surface area contributed by atoms with Gasteiger partial charge in [0.05, 0.1) is 28.8 Å². The zero-order chi connectivity index (χ0) is 19.3. The van der Waals surface area contributed by atoms with Crippen LogP contribution in [0.25, 0.3) is 0 Å². The Bertz CT molecular complexity index is 839. The number of nitro groups is 1.